The molecule has 2 aliphatic rings. The Hall–Kier alpha value is -1.91. The molecule has 20 heavy (non-hydrogen) atoms. The zero-order chi connectivity index (χ0) is 14.2. The molecule has 2 fully saturated rings. The van der Waals surface area contributed by atoms with Gasteiger partial charge < -0.3 is 10.6 Å². The van der Waals surface area contributed by atoms with Crippen LogP contribution in [0.1, 0.15) is 31.2 Å². The maximum Gasteiger partial charge on any atom is 0.235 e. The molecule has 106 valence electrons. The third-order valence-corrected chi connectivity index (χ3v) is 3.93. The quantitative estimate of drug-likeness (QED) is 0.801. The second-order valence-corrected chi connectivity index (χ2v) is 5.60. The minimum absolute atomic E-state index is 0.115. The third kappa shape index (κ3) is 2.53. The van der Waals surface area contributed by atoms with Crippen molar-refractivity contribution < 1.29 is 14.0 Å². The van der Waals surface area contributed by atoms with E-state index in [0.717, 1.165) is 12.8 Å². The number of benzene rings is 1. The maximum atomic E-state index is 13.5. The first kappa shape index (κ1) is 13.1. The Balaban J connectivity index is 1.59. The summed E-state index contributed by atoms with van der Waals surface area (Å²) in [6, 6.07) is 6.55. The Bertz CT molecular complexity index is 551. The van der Waals surface area contributed by atoms with Crippen molar-refractivity contribution in [2.75, 3.05) is 0 Å². The molecule has 3 rings (SSSR count). The van der Waals surface area contributed by atoms with Crippen LogP contribution in [-0.2, 0) is 16.1 Å². The van der Waals surface area contributed by atoms with E-state index in [-0.39, 0.29) is 30.2 Å². The number of carbonyl (C=O) groups is 2. The van der Waals surface area contributed by atoms with Gasteiger partial charge in [0.05, 0.1) is 0 Å². The molecule has 0 bridgehead atoms. The molecule has 2 amide bonds. The molecule has 5 heteroatoms. The first-order valence-corrected chi connectivity index (χ1v) is 6.94. The maximum absolute atomic E-state index is 13.5. The number of halogens is 1. The van der Waals surface area contributed by atoms with Crippen molar-refractivity contribution in [1.82, 2.24) is 10.6 Å². The number of hydrogen-bond donors (Lipinski definition) is 2. The van der Waals surface area contributed by atoms with E-state index in [4.69, 9.17) is 0 Å². The van der Waals surface area contributed by atoms with E-state index < -0.39 is 5.41 Å². The zero-order valence-corrected chi connectivity index (χ0v) is 11.1. The Labute approximate surface area is 116 Å². The molecule has 0 aromatic heterocycles. The second kappa shape index (κ2) is 4.89. The van der Waals surface area contributed by atoms with Gasteiger partial charge in [-0.1, -0.05) is 18.2 Å². The van der Waals surface area contributed by atoms with Crippen molar-refractivity contribution in [3.05, 3.63) is 35.6 Å². The molecular formula is C15H17FN2O2. The lowest BCUT2D eigenvalue weighted by Gasteiger charge is -2.15. The van der Waals surface area contributed by atoms with Crippen LogP contribution >= 0.6 is 0 Å². The summed E-state index contributed by atoms with van der Waals surface area (Å²) in [5, 5.41) is 5.55. The highest BCUT2D eigenvalue weighted by Gasteiger charge is 2.57. The topological polar surface area (TPSA) is 58.2 Å². The van der Waals surface area contributed by atoms with Crippen molar-refractivity contribution in [3.63, 3.8) is 0 Å². The van der Waals surface area contributed by atoms with E-state index in [1.165, 1.54) is 6.07 Å². The van der Waals surface area contributed by atoms with Crippen LogP contribution in [0.15, 0.2) is 24.3 Å². The summed E-state index contributed by atoms with van der Waals surface area (Å²) in [6.07, 6.45) is 3.15. The van der Waals surface area contributed by atoms with Crippen LogP contribution < -0.4 is 10.6 Å². The Morgan fingerprint density at radius 3 is 2.50 bits per heavy atom. The van der Waals surface area contributed by atoms with Gasteiger partial charge in [0, 0.05) is 18.2 Å². The average Bonchev–Trinajstić information content (AvgIpc) is 3.31. The predicted octanol–water partition coefficient (Wildman–Crippen LogP) is 1.50. The van der Waals surface area contributed by atoms with Gasteiger partial charge in [0.15, 0.2) is 0 Å². The molecule has 0 aliphatic heterocycles. The summed E-state index contributed by atoms with van der Waals surface area (Å²) < 4.78 is 13.5. The molecule has 0 saturated heterocycles. The number of rotatable bonds is 5. The molecule has 0 spiro atoms. The van der Waals surface area contributed by atoms with E-state index in [1.54, 1.807) is 18.2 Å². The van der Waals surface area contributed by atoms with Gasteiger partial charge in [0.25, 0.3) is 0 Å². The summed E-state index contributed by atoms with van der Waals surface area (Å²) in [4.78, 5) is 24.2. The zero-order valence-electron chi connectivity index (χ0n) is 11.1. The minimum Gasteiger partial charge on any atom is -0.352 e. The standard InChI is InChI=1S/C15H17FN2O2/c16-12-4-2-1-3-10(12)9-17-13(19)15(7-8-15)14(20)18-11-5-6-11/h1-4,11H,5-9H2,(H,17,19)(H,18,20). The molecule has 2 saturated carbocycles. The van der Waals surface area contributed by atoms with Crippen molar-refractivity contribution in [2.45, 2.75) is 38.3 Å². The molecule has 4 nitrogen and oxygen atoms in total. The second-order valence-electron chi connectivity index (χ2n) is 5.60. The lowest BCUT2D eigenvalue weighted by Crippen LogP contribution is -2.43. The van der Waals surface area contributed by atoms with E-state index in [2.05, 4.69) is 10.6 Å². The fourth-order valence-electron chi connectivity index (χ4n) is 2.22. The van der Waals surface area contributed by atoms with Gasteiger partial charge in [-0.3, -0.25) is 9.59 Å². The van der Waals surface area contributed by atoms with Crippen LogP contribution in [0.4, 0.5) is 4.39 Å². The Kier molecular flexibility index (Phi) is 3.20. The SMILES string of the molecule is O=C(NCc1ccccc1F)C1(C(=O)NC2CC2)CC1. The Morgan fingerprint density at radius 1 is 1.20 bits per heavy atom. The van der Waals surface area contributed by atoms with E-state index in [0.29, 0.717) is 18.4 Å². The third-order valence-electron chi connectivity index (χ3n) is 3.93. The van der Waals surface area contributed by atoms with Crippen LogP contribution in [0, 0.1) is 11.2 Å². The molecule has 0 atom stereocenters. The molecule has 0 radical (unpaired) electrons. The smallest absolute Gasteiger partial charge is 0.235 e. The van der Waals surface area contributed by atoms with Gasteiger partial charge in [-0.15, -0.1) is 0 Å². The van der Waals surface area contributed by atoms with Crippen LogP contribution in [0.3, 0.4) is 0 Å². The lowest BCUT2D eigenvalue weighted by atomic mass is 10.0. The molecular weight excluding hydrogens is 259 g/mol. The highest BCUT2D eigenvalue weighted by atomic mass is 19.1. The van der Waals surface area contributed by atoms with Gasteiger partial charge in [-0.05, 0) is 31.7 Å². The van der Waals surface area contributed by atoms with Gasteiger partial charge in [0.1, 0.15) is 11.2 Å². The number of carbonyl (C=O) groups excluding carboxylic acids is 2. The van der Waals surface area contributed by atoms with Gasteiger partial charge in [0.2, 0.25) is 11.8 Å². The van der Waals surface area contributed by atoms with Gasteiger partial charge >= 0.3 is 0 Å². The lowest BCUT2D eigenvalue weighted by molar-refractivity contribution is -0.137. The summed E-state index contributed by atoms with van der Waals surface area (Å²) in [6.45, 7) is 0.115. The Morgan fingerprint density at radius 2 is 1.90 bits per heavy atom. The van der Waals surface area contributed by atoms with Gasteiger partial charge in [-0.2, -0.15) is 0 Å². The molecule has 0 unspecified atom stereocenters. The van der Waals surface area contributed by atoms with Crippen LogP contribution in [-0.4, -0.2) is 17.9 Å². The highest BCUT2D eigenvalue weighted by molar-refractivity contribution is 6.08. The molecule has 0 heterocycles. The van der Waals surface area contributed by atoms with Crippen LogP contribution in [0.2, 0.25) is 0 Å². The first-order chi connectivity index (χ1) is 9.62. The van der Waals surface area contributed by atoms with Crippen molar-refractivity contribution in [2.24, 2.45) is 5.41 Å². The molecule has 1 aromatic rings. The largest absolute Gasteiger partial charge is 0.352 e. The fourth-order valence-corrected chi connectivity index (χ4v) is 2.22. The molecule has 2 aliphatic carbocycles. The van der Waals surface area contributed by atoms with E-state index >= 15 is 0 Å². The minimum atomic E-state index is -0.909. The van der Waals surface area contributed by atoms with Crippen LogP contribution in [0.5, 0.6) is 0 Å². The van der Waals surface area contributed by atoms with E-state index in [9.17, 15) is 14.0 Å². The molecule has 1 aromatic carbocycles. The fraction of sp³-hybridized carbons (Fsp3) is 0.467. The summed E-state index contributed by atoms with van der Waals surface area (Å²) in [5.74, 6) is -0.815. The average molecular weight is 276 g/mol. The monoisotopic (exact) mass is 276 g/mol. The summed E-state index contributed by atoms with van der Waals surface area (Å²) in [7, 11) is 0. The highest BCUT2D eigenvalue weighted by Crippen LogP contribution is 2.46. The van der Waals surface area contributed by atoms with Gasteiger partial charge in [-0.25, -0.2) is 4.39 Å². The molecule has 2 N–H and O–H groups in total. The van der Waals surface area contributed by atoms with Crippen molar-refractivity contribution >= 4 is 11.8 Å². The van der Waals surface area contributed by atoms with Crippen molar-refractivity contribution in [3.8, 4) is 0 Å². The number of amides is 2. The predicted molar refractivity (Wildman–Crippen MR) is 71.1 cm³/mol. The summed E-state index contributed by atoms with van der Waals surface area (Å²) in [5.41, 5.74) is -0.479. The van der Waals surface area contributed by atoms with Crippen LogP contribution in [0.25, 0.3) is 0 Å². The summed E-state index contributed by atoms with van der Waals surface area (Å²) >= 11 is 0. The normalized spacial score (nSPS) is 19.2. The number of hydrogen-bond acceptors (Lipinski definition) is 2. The van der Waals surface area contributed by atoms with E-state index in [1.807, 2.05) is 0 Å². The number of nitrogens with one attached hydrogen (secondary N) is 2. The first-order valence-electron chi connectivity index (χ1n) is 6.94. The van der Waals surface area contributed by atoms with Crippen molar-refractivity contribution in [1.29, 1.82) is 0 Å².